The van der Waals surface area contributed by atoms with Crippen molar-refractivity contribution in [2.75, 3.05) is 0 Å². The molecule has 0 bridgehead atoms. The fraction of sp³-hybridized carbons (Fsp3) is 0.0222. The van der Waals surface area contributed by atoms with E-state index < -0.39 is 0 Å². The first-order valence-corrected chi connectivity index (χ1v) is 15.7. The molecule has 0 saturated carbocycles. The minimum atomic E-state index is 0.139. The summed E-state index contributed by atoms with van der Waals surface area (Å²) >= 11 is 0. The summed E-state index contributed by atoms with van der Waals surface area (Å²) in [7, 11) is 0. The molecular weight excluding hydrogens is 540 g/mol. The molecule has 0 aliphatic heterocycles. The Morgan fingerprint density at radius 1 is 0.378 bits per heavy atom. The Bertz CT molecular complexity index is 2370. The third-order valence-corrected chi connectivity index (χ3v) is 9.53. The minimum Gasteiger partial charge on any atom is -0.0720 e. The molecule has 210 valence electrons. The Morgan fingerprint density at radius 3 is 1.93 bits per heavy atom. The summed E-state index contributed by atoms with van der Waals surface area (Å²) in [4.78, 5) is 0. The molecule has 45 heavy (non-hydrogen) atoms. The SMILES string of the molecule is C1=CC(c2c3ccccc(-c4ccccc4)c-3c(-c3cccc4ccccc34)c2-c2ccc3ccccc3c2)c2ccccc21. The maximum atomic E-state index is 2.41. The van der Waals surface area contributed by atoms with E-state index >= 15 is 0 Å². The van der Waals surface area contributed by atoms with E-state index in [0.29, 0.717) is 0 Å². The molecule has 0 nitrogen and oxygen atoms in total. The lowest BCUT2D eigenvalue weighted by Gasteiger charge is -2.17. The Kier molecular flexibility index (Phi) is 5.99. The van der Waals surface area contributed by atoms with Crippen LogP contribution in [-0.2, 0) is 0 Å². The van der Waals surface area contributed by atoms with Crippen molar-refractivity contribution in [3.8, 4) is 44.5 Å². The van der Waals surface area contributed by atoms with Crippen molar-refractivity contribution in [3.63, 3.8) is 0 Å². The fourth-order valence-corrected chi connectivity index (χ4v) is 7.54. The molecule has 0 amide bonds. The quantitative estimate of drug-likeness (QED) is 0.197. The summed E-state index contributed by atoms with van der Waals surface area (Å²) < 4.78 is 0. The second-order valence-electron chi connectivity index (χ2n) is 12.0. The van der Waals surface area contributed by atoms with Crippen LogP contribution in [0.25, 0.3) is 72.1 Å². The van der Waals surface area contributed by atoms with Gasteiger partial charge in [0.05, 0.1) is 0 Å². The van der Waals surface area contributed by atoms with E-state index in [0.717, 1.165) is 0 Å². The smallest absolute Gasteiger partial charge is 0.0291 e. The highest BCUT2D eigenvalue weighted by Crippen LogP contribution is 2.56. The summed E-state index contributed by atoms with van der Waals surface area (Å²) in [5.41, 5.74) is 14.3. The fourth-order valence-electron chi connectivity index (χ4n) is 7.54. The van der Waals surface area contributed by atoms with Gasteiger partial charge in [0.25, 0.3) is 0 Å². The lowest BCUT2D eigenvalue weighted by atomic mass is 9.86. The second kappa shape index (κ2) is 10.5. The topological polar surface area (TPSA) is 0 Å². The molecule has 3 aliphatic rings. The van der Waals surface area contributed by atoms with Crippen LogP contribution in [0.5, 0.6) is 0 Å². The van der Waals surface area contributed by atoms with Crippen LogP contribution in [0.15, 0.2) is 170 Å². The predicted octanol–water partition coefficient (Wildman–Crippen LogP) is 12.3. The lowest BCUT2D eigenvalue weighted by molar-refractivity contribution is 1.06. The van der Waals surface area contributed by atoms with E-state index in [1.54, 1.807) is 0 Å². The van der Waals surface area contributed by atoms with Gasteiger partial charge in [-0.1, -0.05) is 170 Å². The molecule has 1 unspecified atom stereocenters. The largest absolute Gasteiger partial charge is 0.0720 e. The van der Waals surface area contributed by atoms with E-state index in [4.69, 9.17) is 0 Å². The average molecular weight is 571 g/mol. The standard InChI is InChI=1S/C45H30/c1-2-14-32(15-3-1)38-22-10-11-23-41-43(38)45(39-24-12-19-31-16-6-8-20-36(31)39)42(35-26-25-30-13-4-5-18-34(30)29-35)44(41)40-28-27-33-17-7-9-21-37(33)40/h1-29,40H. The summed E-state index contributed by atoms with van der Waals surface area (Å²) in [5, 5.41) is 5.04. The van der Waals surface area contributed by atoms with Gasteiger partial charge in [0.15, 0.2) is 0 Å². The number of fused-ring (bicyclic) bond motifs is 4. The van der Waals surface area contributed by atoms with Gasteiger partial charge in [-0.05, 0) is 88.8 Å². The summed E-state index contributed by atoms with van der Waals surface area (Å²) in [6.07, 6.45) is 4.72. The maximum Gasteiger partial charge on any atom is 0.0291 e. The van der Waals surface area contributed by atoms with E-state index in [1.807, 2.05) is 0 Å². The van der Waals surface area contributed by atoms with Gasteiger partial charge in [-0.25, -0.2) is 0 Å². The molecule has 0 aromatic heterocycles. The van der Waals surface area contributed by atoms with Crippen molar-refractivity contribution in [1.29, 1.82) is 0 Å². The van der Waals surface area contributed by atoms with Crippen LogP contribution in [0, 0.1) is 0 Å². The Morgan fingerprint density at radius 2 is 1.04 bits per heavy atom. The molecule has 0 N–H and O–H groups in total. The van der Waals surface area contributed by atoms with Gasteiger partial charge in [-0.3, -0.25) is 0 Å². The van der Waals surface area contributed by atoms with Crippen molar-refractivity contribution in [2.45, 2.75) is 5.92 Å². The molecule has 1 atom stereocenters. The van der Waals surface area contributed by atoms with Crippen molar-refractivity contribution >= 4 is 27.6 Å². The highest BCUT2D eigenvalue weighted by molar-refractivity contribution is 6.13. The van der Waals surface area contributed by atoms with Crippen molar-refractivity contribution in [3.05, 3.63) is 187 Å². The number of rotatable bonds is 4. The first kappa shape index (κ1) is 25.7. The first-order valence-electron chi connectivity index (χ1n) is 15.7. The van der Waals surface area contributed by atoms with Gasteiger partial charge in [0.2, 0.25) is 0 Å². The van der Waals surface area contributed by atoms with Gasteiger partial charge < -0.3 is 0 Å². The van der Waals surface area contributed by atoms with E-state index in [-0.39, 0.29) is 5.92 Å². The Hall–Kier alpha value is -5.72. The number of allylic oxidation sites excluding steroid dienone is 1. The minimum absolute atomic E-state index is 0.139. The van der Waals surface area contributed by atoms with Crippen LogP contribution in [0.3, 0.4) is 0 Å². The monoisotopic (exact) mass is 570 g/mol. The molecular formula is C45H30. The van der Waals surface area contributed by atoms with Crippen LogP contribution >= 0.6 is 0 Å². The number of hydrogen-bond donors (Lipinski definition) is 0. The van der Waals surface area contributed by atoms with Crippen LogP contribution in [0.2, 0.25) is 0 Å². The summed E-state index contributed by atoms with van der Waals surface area (Å²) in [6, 6.07) is 60.2. The molecule has 0 heteroatoms. The van der Waals surface area contributed by atoms with Gasteiger partial charge in [0.1, 0.15) is 0 Å². The average Bonchev–Trinajstić information content (AvgIpc) is 3.59. The molecule has 0 fully saturated rings. The van der Waals surface area contributed by atoms with Crippen molar-refractivity contribution in [2.24, 2.45) is 0 Å². The Balaban J connectivity index is 1.50. The predicted molar refractivity (Wildman–Crippen MR) is 192 cm³/mol. The van der Waals surface area contributed by atoms with Crippen LogP contribution in [0.1, 0.15) is 22.6 Å². The zero-order valence-electron chi connectivity index (χ0n) is 24.8. The van der Waals surface area contributed by atoms with E-state index in [9.17, 15) is 0 Å². The zero-order chi connectivity index (χ0) is 29.7. The highest BCUT2D eigenvalue weighted by atomic mass is 14.4. The molecule has 0 heterocycles. The molecule has 0 spiro atoms. The van der Waals surface area contributed by atoms with Gasteiger partial charge >= 0.3 is 0 Å². The van der Waals surface area contributed by atoms with Gasteiger partial charge in [-0.2, -0.15) is 0 Å². The number of benzene rings is 6. The van der Waals surface area contributed by atoms with Crippen molar-refractivity contribution in [1.82, 2.24) is 0 Å². The summed E-state index contributed by atoms with van der Waals surface area (Å²) in [6.45, 7) is 0. The van der Waals surface area contributed by atoms with Gasteiger partial charge in [0, 0.05) is 5.92 Å². The molecule has 9 rings (SSSR count). The van der Waals surface area contributed by atoms with Gasteiger partial charge in [-0.15, -0.1) is 0 Å². The molecule has 6 aromatic rings. The Labute approximate surface area is 263 Å². The number of hydrogen-bond acceptors (Lipinski definition) is 0. The third kappa shape index (κ3) is 4.14. The molecule has 0 saturated heterocycles. The van der Waals surface area contributed by atoms with E-state index in [2.05, 4.69) is 176 Å². The zero-order valence-corrected chi connectivity index (χ0v) is 24.8. The molecule has 3 aliphatic carbocycles. The third-order valence-electron chi connectivity index (χ3n) is 9.53. The normalized spacial score (nSPS) is 13.9. The lowest BCUT2D eigenvalue weighted by Crippen LogP contribution is -1.98. The van der Waals surface area contributed by atoms with Crippen molar-refractivity contribution < 1.29 is 0 Å². The highest BCUT2D eigenvalue weighted by Gasteiger charge is 2.33. The maximum absolute atomic E-state index is 2.41. The van der Waals surface area contributed by atoms with E-state index in [1.165, 1.54) is 82.7 Å². The second-order valence-corrected chi connectivity index (χ2v) is 12.0. The summed E-state index contributed by atoms with van der Waals surface area (Å²) in [5.74, 6) is 0.139. The van der Waals surface area contributed by atoms with Crippen LogP contribution < -0.4 is 0 Å². The molecule has 6 aromatic carbocycles. The molecule has 0 radical (unpaired) electrons. The first-order chi connectivity index (χ1) is 22.3. The van der Waals surface area contributed by atoms with Crippen LogP contribution in [0.4, 0.5) is 0 Å². The van der Waals surface area contributed by atoms with Crippen LogP contribution in [-0.4, -0.2) is 0 Å².